The van der Waals surface area contributed by atoms with Crippen molar-refractivity contribution in [1.29, 1.82) is 0 Å². The molecule has 3 heterocycles. The Morgan fingerprint density at radius 1 is 1.16 bits per heavy atom. The van der Waals surface area contributed by atoms with E-state index in [4.69, 9.17) is 4.74 Å². The number of urea groups is 1. The van der Waals surface area contributed by atoms with Crippen molar-refractivity contribution in [2.75, 3.05) is 33.3 Å². The minimum atomic E-state index is -0.794. The molecule has 2 N–H and O–H groups in total. The van der Waals surface area contributed by atoms with Crippen LogP contribution in [0, 0.1) is 5.92 Å². The average Bonchev–Trinajstić information content (AvgIpc) is 3.08. The summed E-state index contributed by atoms with van der Waals surface area (Å²) in [5, 5.41) is 5.70. The Morgan fingerprint density at radius 3 is 2.81 bits per heavy atom. The third kappa shape index (κ3) is 5.06. The average molecular weight is 443 g/mol. The second-order valence-corrected chi connectivity index (χ2v) is 9.06. The summed E-state index contributed by atoms with van der Waals surface area (Å²) in [6.45, 7) is 3.24. The molecule has 0 unspecified atom stereocenters. The zero-order valence-corrected chi connectivity index (χ0v) is 18.8. The van der Waals surface area contributed by atoms with Crippen molar-refractivity contribution < 1.29 is 19.1 Å². The quantitative estimate of drug-likeness (QED) is 0.601. The Labute approximate surface area is 189 Å². The Bertz CT molecular complexity index is 843. The van der Waals surface area contributed by atoms with E-state index >= 15 is 0 Å². The van der Waals surface area contributed by atoms with Crippen LogP contribution in [0.5, 0.6) is 5.75 Å². The zero-order chi connectivity index (χ0) is 22.5. The second kappa shape index (κ2) is 10.3. The Hall–Kier alpha value is -2.61. The first kappa shape index (κ1) is 22.6. The van der Waals surface area contributed by atoms with E-state index in [0.717, 1.165) is 17.7 Å². The topological polar surface area (TPSA) is 91.0 Å². The highest BCUT2D eigenvalue weighted by Gasteiger charge is 2.39. The van der Waals surface area contributed by atoms with E-state index in [9.17, 15) is 14.4 Å². The second-order valence-electron chi connectivity index (χ2n) is 9.06. The van der Waals surface area contributed by atoms with Gasteiger partial charge in [-0.3, -0.25) is 14.5 Å². The Balaban J connectivity index is 1.26. The van der Waals surface area contributed by atoms with Gasteiger partial charge in [-0.05, 0) is 62.7 Å². The Morgan fingerprint density at radius 2 is 1.97 bits per heavy atom. The highest BCUT2D eigenvalue weighted by molar-refractivity contribution is 6.05. The summed E-state index contributed by atoms with van der Waals surface area (Å²) in [5.74, 6) is 0.688. The summed E-state index contributed by atoms with van der Waals surface area (Å²) in [7, 11) is 1.60. The molecule has 1 aromatic carbocycles. The highest BCUT2D eigenvalue weighted by Crippen LogP contribution is 2.30. The third-order valence-electron chi connectivity index (χ3n) is 7.08. The number of para-hydroxylation sites is 1. The van der Waals surface area contributed by atoms with Crippen LogP contribution in [0.15, 0.2) is 24.3 Å². The lowest BCUT2D eigenvalue weighted by atomic mass is 9.83. The van der Waals surface area contributed by atoms with Crippen molar-refractivity contribution in [3.05, 3.63) is 29.8 Å². The number of nitrogens with one attached hydrogen (secondary N) is 2. The van der Waals surface area contributed by atoms with Crippen LogP contribution in [-0.4, -0.2) is 73.0 Å². The van der Waals surface area contributed by atoms with Gasteiger partial charge in [-0.25, -0.2) is 4.79 Å². The number of benzene rings is 1. The van der Waals surface area contributed by atoms with Gasteiger partial charge in [-0.1, -0.05) is 24.6 Å². The smallest absolute Gasteiger partial charge is 0.324 e. The Kier molecular flexibility index (Phi) is 7.29. The molecule has 0 aliphatic carbocycles. The summed E-state index contributed by atoms with van der Waals surface area (Å²) in [4.78, 5) is 41.4. The summed E-state index contributed by atoms with van der Waals surface area (Å²) < 4.78 is 5.34. The fraction of sp³-hybridized carbons (Fsp3) is 0.625. The van der Waals surface area contributed by atoms with Gasteiger partial charge in [0.2, 0.25) is 5.91 Å². The van der Waals surface area contributed by atoms with Crippen molar-refractivity contribution in [2.24, 2.45) is 5.92 Å². The van der Waals surface area contributed by atoms with Crippen molar-refractivity contribution in [3.8, 4) is 5.75 Å². The van der Waals surface area contributed by atoms with Crippen LogP contribution in [0.1, 0.15) is 44.1 Å². The molecule has 0 radical (unpaired) electrons. The monoisotopic (exact) mass is 442 g/mol. The number of carbonyl (C=O) groups is 3. The maximum atomic E-state index is 12.7. The van der Waals surface area contributed by atoms with Crippen LogP contribution in [0.25, 0.3) is 0 Å². The van der Waals surface area contributed by atoms with Gasteiger partial charge in [0, 0.05) is 19.1 Å². The van der Waals surface area contributed by atoms with Crippen LogP contribution < -0.4 is 15.4 Å². The van der Waals surface area contributed by atoms with E-state index < -0.39 is 12.1 Å². The van der Waals surface area contributed by atoms with Crippen LogP contribution in [0.3, 0.4) is 0 Å². The SMILES string of the molecule is COc1ccccc1CCN1C(=O)N[C@H](CC(=O)NC[C@@H]2CCCN3CCCC[C@H]23)C1=O. The van der Waals surface area contributed by atoms with E-state index in [1.54, 1.807) is 7.11 Å². The van der Waals surface area contributed by atoms with Gasteiger partial charge in [0.15, 0.2) is 0 Å². The molecule has 32 heavy (non-hydrogen) atoms. The molecule has 8 heteroatoms. The maximum absolute atomic E-state index is 12.7. The molecule has 3 saturated heterocycles. The van der Waals surface area contributed by atoms with Crippen LogP contribution in [-0.2, 0) is 16.0 Å². The number of amides is 4. The number of piperidine rings is 2. The lowest BCUT2D eigenvalue weighted by Gasteiger charge is -2.44. The first-order chi connectivity index (χ1) is 15.6. The largest absolute Gasteiger partial charge is 0.496 e. The predicted molar refractivity (Wildman–Crippen MR) is 120 cm³/mol. The summed E-state index contributed by atoms with van der Waals surface area (Å²) in [6, 6.07) is 6.88. The number of methoxy groups -OCH3 is 1. The summed E-state index contributed by atoms with van der Waals surface area (Å²) in [6.07, 6.45) is 6.54. The van der Waals surface area contributed by atoms with E-state index in [-0.39, 0.29) is 24.8 Å². The number of hydrogen-bond acceptors (Lipinski definition) is 5. The first-order valence-electron chi connectivity index (χ1n) is 11.8. The maximum Gasteiger partial charge on any atom is 0.324 e. The number of imide groups is 1. The zero-order valence-electron chi connectivity index (χ0n) is 18.8. The molecule has 0 spiro atoms. The number of carbonyl (C=O) groups excluding carboxylic acids is 3. The van der Waals surface area contributed by atoms with Gasteiger partial charge in [-0.2, -0.15) is 0 Å². The number of ether oxygens (including phenoxy) is 1. The third-order valence-corrected chi connectivity index (χ3v) is 7.08. The molecule has 4 amide bonds. The molecule has 174 valence electrons. The van der Waals surface area contributed by atoms with Crippen LogP contribution in [0.2, 0.25) is 0 Å². The van der Waals surface area contributed by atoms with E-state index in [1.165, 1.54) is 43.7 Å². The van der Waals surface area contributed by atoms with E-state index in [2.05, 4.69) is 15.5 Å². The minimum Gasteiger partial charge on any atom is -0.496 e. The predicted octanol–water partition coefficient (Wildman–Crippen LogP) is 1.93. The minimum absolute atomic E-state index is 0.0170. The van der Waals surface area contributed by atoms with Crippen molar-refractivity contribution in [1.82, 2.24) is 20.4 Å². The van der Waals surface area contributed by atoms with Crippen molar-refractivity contribution in [2.45, 2.75) is 57.0 Å². The van der Waals surface area contributed by atoms with E-state index in [0.29, 0.717) is 24.9 Å². The molecule has 3 fully saturated rings. The van der Waals surface area contributed by atoms with Gasteiger partial charge in [-0.15, -0.1) is 0 Å². The van der Waals surface area contributed by atoms with Crippen LogP contribution in [0.4, 0.5) is 4.79 Å². The molecule has 0 saturated carbocycles. The molecule has 1 aromatic rings. The molecule has 4 rings (SSSR count). The van der Waals surface area contributed by atoms with Crippen molar-refractivity contribution >= 4 is 17.8 Å². The van der Waals surface area contributed by atoms with Crippen LogP contribution >= 0.6 is 0 Å². The van der Waals surface area contributed by atoms with Gasteiger partial charge in [0.05, 0.1) is 13.5 Å². The lowest BCUT2D eigenvalue weighted by Crippen LogP contribution is -2.51. The number of rotatable bonds is 8. The molecular weight excluding hydrogens is 408 g/mol. The summed E-state index contributed by atoms with van der Waals surface area (Å²) in [5.41, 5.74) is 0.932. The first-order valence-corrected chi connectivity index (χ1v) is 11.8. The van der Waals surface area contributed by atoms with Gasteiger partial charge >= 0.3 is 6.03 Å². The standard InChI is InChI=1S/C24H34N4O4/c1-32-21-10-3-2-7-17(21)11-14-28-23(30)19(26-24(28)31)15-22(29)25-16-18-8-6-13-27-12-5-4-9-20(18)27/h2-3,7,10,18-20H,4-6,8-9,11-16H2,1H3,(H,25,29)(H,26,31)/t18-,19+,20+/m0/s1. The highest BCUT2D eigenvalue weighted by atomic mass is 16.5. The van der Waals surface area contributed by atoms with Crippen molar-refractivity contribution in [3.63, 3.8) is 0 Å². The molecular formula is C24H34N4O4. The van der Waals surface area contributed by atoms with E-state index in [1.807, 2.05) is 24.3 Å². The van der Waals surface area contributed by atoms with Gasteiger partial charge in [0.25, 0.3) is 5.91 Å². The number of fused-ring (bicyclic) bond motifs is 1. The summed E-state index contributed by atoms with van der Waals surface area (Å²) >= 11 is 0. The number of hydrogen-bond donors (Lipinski definition) is 2. The lowest BCUT2D eigenvalue weighted by molar-refractivity contribution is -0.131. The molecule has 3 aliphatic heterocycles. The van der Waals surface area contributed by atoms with Gasteiger partial charge < -0.3 is 20.3 Å². The fourth-order valence-electron chi connectivity index (χ4n) is 5.39. The molecule has 0 aromatic heterocycles. The number of nitrogens with zero attached hydrogens (tertiary/aromatic N) is 2. The van der Waals surface area contributed by atoms with Gasteiger partial charge in [0.1, 0.15) is 11.8 Å². The molecule has 3 atom stereocenters. The normalized spacial score (nSPS) is 25.9. The molecule has 3 aliphatic rings. The molecule has 0 bridgehead atoms. The molecule has 8 nitrogen and oxygen atoms in total. The fourth-order valence-corrected chi connectivity index (χ4v) is 5.39.